The molecule has 0 aliphatic carbocycles. The Morgan fingerprint density at radius 3 is 2.50 bits per heavy atom. The van der Waals surface area contributed by atoms with Crippen LogP contribution in [-0.4, -0.2) is 0 Å². The molecule has 0 saturated heterocycles. The van der Waals surface area contributed by atoms with E-state index < -0.39 is 0 Å². The normalized spacial score (nSPS) is 6.50. The first kappa shape index (κ1) is 7.30. The summed E-state index contributed by atoms with van der Waals surface area (Å²) in [7, 11) is 0. The van der Waals surface area contributed by atoms with Crippen molar-refractivity contribution in [2.24, 2.45) is 0 Å². The van der Waals surface area contributed by atoms with Gasteiger partial charge in [0.1, 0.15) is 0 Å². The zero-order chi connectivity index (χ0) is 6.24. The Labute approximate surface area is 49.8 Å². The predicted octanol–water partition coefficient (Wildman–Crippen LogP) is 1.57. The van der Waals surface area contributed by atoms with Gasteiger partial charge in [-0.3, -0.25) is 0 Å². The molecule has 0 atom stereocenters. The monoisotopic (exact) mass is 109 g/mol. The van der Waals surface area contributed by atoms with Crippen LogP contribution in [0.5, 0.6) is 0 Å². The van der Waals surface area contributed by atoms with Crippen LogP contribution >= 0.6 is 0 Å². The summed E-state index contributed by atoms with van der Waals surface area (Å²) in [5, 5.41) is 0. The van der Waals surface area contributed by atoms with E-state index in [1.165, 1.54) is 0 Å². The number of rotatable bonds is 1. The topological polar surface area (TPSA) is 19.9 Å². The zero-order valence-electron chi connectivity index (χ0n) is 5.03. The Morgan fingerprint density at radius 2 is 2.00 bits per heavy atom. The Hall–Kier alpha value is -0.700. The maximum atomic E-state index is 9.58. The summed E-state index contributed by atoms with van der Waals surface area (Å²) in [5.41, 5.74) is 0. The van der Waals surface area contributed by atoms with Crippen LogP contribution in [0, 0.1) is 18.0 Å². The molecule has 1 nitrogen and oxygen atoms in total. The van der Waals surface area contributed by atoms with Gasteiger partial charge in [0.2, 0.25) is 0 Å². The van der Waals surface area contributed by atoms with E-state index in [9.17, 15) is 4.65 Å². The van der Waals surface area contributed by atoms with E-state index in [1.54, 1.807) is 6.15 Å². The first-order chi connectivity index (χ1) is 3.91. The zero-order valence-corrected chi connectivity index (χ0v) is 5.03. The van der Waals surface area contributed by atoms with Crippen LogP contribution in [0.15, 0.2) is 0 Å². The summed E-state index contributed by atoms with van der Waals surface area (Å²) in [6.45, 7) is 1.98. The van der Waals surface area contributed by atoms with Crippen molar-refractivity contribution in [3.63, 3.8) is 0 Å². The van der Waals surface area contributed by atoms with Gasteiger partial charge in [-0.05, 0) is 0 Å². The molecule has 0 radical (unpaired) electrons. The second-order valence-corrected chi connectivity index (χ2v) is 1.35. The second-order valence-electron chi connectivity index (χ2n) is 1.35. The molecular formula is C7H9O+. The molecule has 0 aliphatic heterocycles. The molecule has 0 aromatic heterocycles. The van der Waals surface area contributed by atoms with Gasteiger partial charge in [-0.15, -0.1) is 0 Å². The van der Waals surface area contributed by atoms with Crippen LogP contribution in [0.25, 0.3) is 0 Å². The fourth-order valence-corrected chi connectivity index (χ4v) is 0.327. The SMILES string of the molecule is CCC#CCCC#[O+]. The van der Waals surface area contributed by atoms with Crippen LogP contribution < -0.4 is 0 Å². The van der Waals surface area contributed by atoms with E-state index in [1.807, 2.05) is 6.92 Å². The molecular weight excluding hydrogens is 100 g/mol. The van der Waals surface area contributed by atoms with E-state index in [0.29, 0.717) is 12.8 Å². The third kappa shape index (κ3) is 5.30. The standard InChI is InChI=1S/C7H9O/c1-2-3-4-5-6-7-8/h2,5-6H2,1H3/q+1. The molecule has 0 aromatic carbocycles. The van der Waals surface area contributed by atoms with Crippen LogP contribution in [-0.2, 0) is 4.65 Å². The van der Waals surface area contributed by atoms with Gasteiger partial charge in [0, 0.05) is 0 Å². The summed E-state index contributed by atoms with van der Waals surface area (Å²) in [6.07, 6.45) is 3.76. The van der Waals surface area contributed by atoms with Gasteiger partial charge in [0.25, 0.3) is 0 Å². The second kappa shape index (κ2) is 6.30. The van der Waals surface area contributed by atoms with E-state index in [-0.39, 0.29) is 0 Å². The van der Waals surface area contributed by atoms with E-state index in [4.69, 9.17) is 0 Å². The molecule has 0 unspecified atom stereocenters. The van der Waals surface area contributed by atoms with Crippen LogP contribution in [0.2, 0.25) is 0 Å². The molecule has 0 aromatic rings. The van der Waals surface area contributed by atoms with Crippen molar-refractivity contribution in [2.75, 3.05) is 0 Å². The fraction of sp³-hybridized carbons (Fsp3) is 0.571. The van der Waals surface area contributed by atoms with Crippen LogP contribution in [0.4, 0.5) is 0 Å². The van der Waals surface area contributed by atoms with Gasteiger partial charge in [-0.2, -0.15) is 0 Å². The Balaban J connectivity index is 3.06. The number of hydrogen-bond donors (Lipinski definition) is 0. The molecule has 0 amide bonds. The van der Waals surface area contributed by atoms with E-state index >= 15 is 0 Å². The number of hydrogen-bond acceptors (Lipinski definition) is 0. The molecule has 0 rings (SSSR count). The van der Waals surface area contributed by atoms with Crippen molar-refractivity contribution in [1.82, 2.24) is 0 Å². The van der Waals surface area contributed by atoms with Gasteiger partial charge >= 0.3 is 48.8 Å². The molecule has 1 heteroatoms. The molecule has 8 heavy (non-hydrogen) atoms. The Kier molecular flexibility index (Phi) is 5.75. The maximum absolute atomic E-state index is 9.58. The molecule has 0 spiro atoms. The Morgan fingerprint density at radius 1 is 1.25 bits per heavy atom. The first-order valence-electron chi connectivity index (χ1n) is 2.72. The van der Waals surface area contributed by atoms with Crippen LogP contribution in [0.1, 0.15) is 26.2 Å². The van der Waals surface area contributed by atoms with Gasteiger partial charge < -0.3 is 0 Å². The molecule has 0 heterocycles. The summed E-state index contributed by atoms with van der Waals surface area (Å²) < 4.78 is 9.58. The molecule has 42 valence electrons. The third-order valence-electron chi connectivity index (χ3n) is 0.654. The van der Waals surface area contributed by atoms with Crippen molar-refractivity contribution in [3.05, 3.63) is 0 Å². The summed E-state index contributed by atoms with van der Waals surface area (Å²) >= 11 is 0. The first-order valence-corrected chi connectivity index (χ1v) is 2.72. The van der Waals surface area contributed by atoms with Gasteiger partial charge in [0.05, 0.1) is 0 Å². The molecule has 0 fully saturated rings. The molecule has 0 N–H and O–H groups in total. The molecule has 0 bridgehead atoms. The Bertz CT molecular complexity index is 131. The minimum absolute atomic E-state index is 0.451. The number of unbranched alkanes of at least 4 members (excludes halogenated alkanes) is 1. The van der Waals surface area contributed by atoms with E-state index in [0.717, 1.165) is 6.42 Å². The minimum atomic E-state index is 0.451. The van der Waals surface area contributed by atoms with Gasteiger partial charge in [-0.25, -0.2) is 0 Å². The van der Waals surface area contributed by atoms with Crippen molar-refractivity contribution < 1.29 is 4.65 Å². The average Bonchev–Trinajstić information content (AvgIpc) is 1.81. The molecule has 0 aliphatic rings. The van der Waals surface area contributed by atoms with Crippen molar-refractivity contribution in [3.8, 4) is 18.0 Å². The van der Waals surface area contributed by atoms with Crippen LogP contribution in [0.3, 0.4) is 0 Å². The third-order valence-corrected chi connectivity index (χ3v) is 0.654. The predicted molar refractivity (Wildman–Crippen MR) is 31.9 cm³/mol. The van der Waals surface area contributed by atoms with Gasteiger partial charge in [0.15, 0.2) is 0 Å². The van der Waals surface area contributed by atoms with E-state index in [2.05, 4.69) is 11.8 Å². The fourth-order valence-electron chi connectivity index (χ4n) is 0.327. The van der Waals surface area contributed by atoms with Crippen molar-refractivity contribution in [2.45, 2.75) is 26.2 Å². The summed E-state index contributed by atoms with van der Waals surface area (Å²) in [6, 6.07) is 0. The van der Waals surface area contributed by atoms with Crippen molar-refractivity contribution >= 4 is 0 Å². The summed E-state index contributed by atoms with van der Waals surface area (Å²) in [5.74, 6) is 5.68. The van der Waals surface area contributed by atoms with Crippen molar-refractivity contribution in [1.29, 1.82) is 0 Å². The molecule has 0 saturated carbocycles. The quantitative estimate of drug-likeness (QED) is 0.277. The average molecular weight is 109 g/mol. The van der Waals surface area contributed by atoms with Gasteiger partial charge in [-0.1, -0.05) is 0 Å². The summed E-state index contributed by atoms with van der Waals surface area (Å²) in [4.78, 5) is 0.